The van der Waals surface area contributed by atoms with Crippen LogP contribution in [0.1, 0.15) is 29.9 Å². The fourth-order valence-electron chi connectivity index (χ4n) is 5.70. The lowest BCUT2D eigenvalue weighted by molar-refractivity contribution is -0.0553. The summed E-state index contributed by atoms with van der Waals surface area (Å²) < 4.78 is 28.9. The van der Waals surface area contributed by atoms with Crippen molar-refractivity contribution in [3.63, 3.8) is 0 Å². The molecule has 2 N–H and O–H groups in total. The molecule has 0 radical (unpaired) electrons. The van der Waals surface area contributed by atoms with Crippen LogP contribution in [0.4, 0.5) is 0 Å². The van der Waals surface area contributed by atoms with Gasteiger partial charge in [-0.05, 0) is 66.8 Å². The van der Waals surface area contributed by atoms with Gasteiger partial charge in [0.05, 0.1) is 11.5 Å². The summed E-state index contributed by atoms with van der Waals surface area (Å²) in [6.45, 7) is 3.66. The number of hydrogen-bond donors (Lipinski definition) is 2. The highest BCUT2D eigenvalue weighted by molar-refractivity contribution is 7.89. The summed E-state index contributed by atoms with van der Waals surface area (Å²) in [7, 11) is -3.61. The maximum absolute atomic E-state index is 13.6. The average Bonchev–Trinajstić information content (AvgIpc) is 2.83. The molecular weight excluding hydrogens is 460 g/mol. The number of nitrogens with zero attached hydrogens (tertiary/aromatic N) is 2. The van der Waals surface area contributed by atoms with Gasteiger partial charge in [0.25, 0.3) is 0 Å². The number of fused-ring (bicyclic) bond motifs is 1. The number of hydrogen-bond acceptors (Lipinski definition) is 5. The van der Waals surface area contributed by atoms with Crippen molar-refractivity contribution >= 4 is 10.0 Å². The van der Waals surface area contributed by atoms with Gasteiger partial charge in [-0.15, -0.1) is 0 Å². The highest BCUT2D eigenvalue weighted by Gasteiger charge is 2.50. The largest absolute Gasteiger partial charge is 0.508 e. The van der Waals surface area contributed by atoms with E-state index in [0.717, 1.165) is 41.6 Å². The Bertz CT molecular complexity index is 1290. The smallest absolute Gasteiger partial charge is 0.243 e. The second-order valence-corrected chi connectivity index (χ2v) is 11.5. The van der Waals surface area contributed by atoms with E-state index >= 15 is 0 Å². The predicted octanol–water partition coefficient (Wildman–Crippen LogP) is 3.98. The fraction of sp³-hybridized carbons (Fsp3) is 0.357. The number of rotatable bonds is 5. The van der Waals surface area contributed by atoms with Crippen LogP contribution in [0.2, 0.25) is 0 Å². The van der Waals surface area contributed by atoms with E-state index in [-0.39, 0.29) is 30.4 Å². The van der Waals surface area contributed by atoms with Crippen LogP contribution in [0.15, 0.2) is 77.7 Å². The Labute approximate surface area is 207 Å². The van der Waals surface area contributed by atoms with Crippen molar-refractivity contribution in [1.29, 1.82) is 0 Å². The summed E-state index contributed by atoms with van der Waals surface area (Å²) in [5.74, 6) is 0.275. The molecule has 2 aliphatic heterocycles. The average molecular weight is 493 g/mol. The molecule has 0 saturated carbocycles. The molecule has 0 bridgehead atoms. The van der Waals surface area contributed by atoms with Gasteiger partial charge in [0.1, 0.15) is 5.75 Å². The van der Waals surface area contributed by atoms with Crippen LogP contribution in [0, 0.1) is 6.92 Å². The third-order valence-electron chi connectivity index (χ3n) is 7.52. The van der Waals surface area contributed by atoms with Crippen LogP contribution in [-0.4, -0.2) is 66.2 Å². The van der Waals surface area contributed by atoms with Gasteiger partial charge in [-0.3, -0.25) is 4.90 Å². The SMILES string of the molecule is Cc1ccccc1S(=O)(=O)N1CCCCN2[C@H](CO)[C@@H](c3ccc(-c4cccc(O)c4)cc3)[C@@H]2C1. The van der Waals surface area contributed by atoms with E-state index in [1.807, 2.05) is 43.3 Å². The zero-order valence-corrected chi connectivity index (χ0v) is 20.7. The monoisotopic (exact) mass is 492 g/mol. The van der Waals surface area contributed by atoms with Crippen molar-refractivity contribution in [2.45, 2.75) is 42.7 Å². The Morgan fingerprint density at radius 1 is 0.914 bits per heavy atom. The molecule has 0 aromatic heterocycles. The predicted molar refractivity (Wildman–Crippen MR) is 137 cm³/mol. The van der Waals surface area contributed by atoms with Crippen molar-refractivity contribution in [3.8, 4) is 16.9 Å². The Balaban J connectivity index is 1.43. The van der Waals surface area contributed by atoms with Gasteiger partial charge in [0.15, 0.2) is 0 Å². The van der Waals surface area contributed by atoms with Gasteiger partial charge in [0, 0.05) is 31.1 Å². The van der Waals surface area contributed by atoms with Crippen molar-refractivity contribution in [3.05, 3.63) is 83.9 Å². The Hall–Kier alpha value is -2.71. The van der Waals surface area contributed by atoms with Crippen molar-refractivity contribution in [2.75, 3.05) is 26.2 Å². The van der Waals surface area contributed by atoms with Crippen LogP contribution in [0.5, 0.6) is 5.75 Å². The normalized spacial score (nSPS) is 23.7. The minimum atomic E-state index is -3.61. The second kappa shape index (κ2) is 9.74. The fourth-order valence-corrected chi connectivity index (χ4v) is 7.42. The van der Waals surface area contributed by atoms with E-state index in [2.05, 4.69) is 17.0 Å². The van der Waals surface area contributed by atoms with Crippen molar-refractivity contribution in [2.24, 2.45) is 0 Å². The quantitative estimate of drug-likeness (QED) is 0.563. The van der Waals surface area contributed by atoms with Crippen molar-refractivity contribution in [1.82, 2.24) is 9.21 Å². The first-order valence-corrected chi connectivity index (χ1v) is 13.7. The molecule has 3 aromatic rings. The standard InChI is InChI=1S/C28H32N2O4S/c1-20-7-2-3-10-27(20)35(33,34)29-15-4-5-16-30-25(18-29)28(26(30)19-31)22-13-11-21(12-14-22)23-8-6-9-24(32)17-23/h2-3,6-14,17,25-26,28,31-32H,4-5,15-16,18-19H2,1H3/t25-,26+,28-/m0/s1. The molecule has 3 atom stereocenters. The molecule has 0 spiro atoms. The van der Waals surface area contributed by atoms with Gasteiger partial charge in [-0.2, -0.15) is 4.31 Å². The molecule has 2 fully saturated rings. The summed E-state index contributed by atoms with van der Waals surface area (Å²) >= 11 is 0. The topological polar surface area (TPSA) is 81.1 Å². The van der Waals surface area contributed by atoms with E-state index in [0.29, 0.717) is 18.0 Å². The van der Waals surface area contributed by atoms with Gasteiger partial charge >= 0.3 is 0 Å². The van der Waals surface area contributed by atoms with Gasteiger partial charge in [0.2, 0.25) is 10.0 Å². The van der Waals surface area contributed by atoms with E-state index in [1.54, 1.807) is 28.6 Å². The Kier molecular flexibility index (Phi) is 6.68. The third kappa shape index (κ3) is 4.49. The summed E-state index contributed by atoms with van der Waals surface area (Å²) in [4.78, 5) is 2.66. The summed E-state index contributed by atoms with van der Waals surface area (Å²) in [5.41, 5.74) is 3.80. The lowest BCUT2D eigenvalue weighted by Crippen LogP contribution is -2.67. The number of phenolic OH excluding ortho intramolecular Hbond substituents is 1. The van der Waals surface area contributed by atoms with Crippen LogP contribution in [0.3, 0.4) is 0 Å². The summed E-state index contributed by atoms with van der Waals surface area (Å²) in [6, 6.07) is 22.5. The lowest BCUT2D eigenvalue weighted by atomic mass is 9.74. The molecule has 0 aliphatic carbocycles. The molecule has 7 heteroatoms. The van der Waals surface area contributed by atoms with E-state index in [4.69, 9.17) is 0 Å². The molecule has 35 heavy (non-hydrogen) atoms. The first kappa shape index (κ1) is 24.0. The minimum Gasteiger partial charge on any atom is -0.508 e. The number of aliphatic hydroxyl groups excluding tert-OH is 1. The van der Waals surface area contributed by atoms with Crippen LogP contribution in [-0.2, 0) is 10.0 Å². The highest BCUT2D eigenvalue weighted by atomic mass is 32.2. The van der Waals surface area contributed by atoms with E-state index in [9.17, 15) is 18.6 Å². The summed E-state index contributed by atoms with van der Waals surface area (Å²) in [5, 5.41) is 20.0. The summed E-state index contributed by atoms with van der Waals surface area (Å²) in [6.07, 6.45) is 1.70. The molecule has 0 amide bonds. The van der Waals surface area contributed by atoms with Crippen LogP contribution in [0.25, 0.3) is 11.1 Å². The van der Waals surface area contributed by atoms with Gasteiger partial charge < -0.3 is 10.2 Å². The molecule has 3 aromatic carbocycles. The lowest BCUT2D eigenvalue weighted by Gasteiger charge is -2.57. The molecule has 6 nitrogen and oxygen atoms in total. The zero-order chi connectivity index (χ0) is 24.6. The number of benzene rings is 3. The number of phenols is 1. The molecule has 0 unspecified atom stereocenters. The first-order chi connectivity index (χ1) is 16.9. The molecule has 2 saturated heterocycles. The Morgan fingerprint density at radius 2 is 1.66 bits per heavy atom. The molecule has 2 aliphatic rings. The Morgan fingerprint density at radius 3 is 2.37 bits per heavy atom. The number of aryl methyl sites for hydroxylation is 1. The molecule has 2 heterocycles. The zero-order valence-electron chi connectivity index (χ0n) is 19.9. The van der Waals surface area contributed by atoms with Gasteiger partial charge in [-0.1, -0.05) is 54.6 Å². The highest BCUT2D eigenvalue weighted by Crippen LogP contribution is 2.43. The number of sulfonamides is 1. The first-order valence-electron chi connectivity index (χ1n) is 12.2. The van der Waals surface area contributed by atoms with Crippen LogP contribution >= 0.6 is 0 Å². The molecule has 184 valence electrons. The number of aromatic hydroxyl groups is 1. The van der Waals surface area contributed by atoms with E-state index < -0.39 is 10.0 Å². The second-order valence-electron chi connectivity index (χ2n) is 9.59. The number of aliphatic hydroxyl groups is 1. The molecule has 5 rings (SSSR count). The third-order valence-corrected chi connectivity index (χ3v) is 9.54. The van der Waals surface area contributed by atoms with Crippen LogP contribution < -0.4 is 0 Å². The van der Waals surface area contributed by atoms with E-state index in [1.165, 1.54) is 0 Å². The minimum absolute atomic E-state index is 0.0119. The maximum atomic E-state index is 13.6. The molecular formula is C28H32N2O4S. The van der Waals surface area contributed by atoms with Gasteiger partial charge in [-0.25, -0.2) is 8.42 Å². The van der Waals surface area contributed by atoms with Crippen molar-refractivity contribution < 1.29 is 18.6 Å². The maximum Gasteiger partial charge on any atom is 0.243 e.